The molecule has 0 saturated carbocycles. The molecule has 6 nitrogen and oxygen atoms in total. The lowest BCUT2D eigenvalue weighted by Crippen LogP contribution is -2.40. The molecule has 156 valence electrons. The Labute approximate surface area is 177 Å². The van der Waals surface area contributed by atoms with Crippen LogP contribution < -0.4 is 5.73 Å². The van der Waals surface area contributed by atoms with E-state index in [1.54, 1.807) is 0 Å². The molecule has 1 aliphatic rings. The number of nitrogens with zero attached hydrogens (tertiary/aromatic N) is 2. The average Bonchev–Trinajstić information content (AvgIpc) is 2.78. The van der Waals surface area contributed by atoms with Crippen molar-refractivity contribution in [2.24, 2.45) is 5.92 Å². The van der Waals surface area contributed by atoms with Crippen molar-refractivity contribution in [2.45, 2.75) is 32.6 Å². The third-order valence-electron chi connectivity index (χ3n) is 5.73. The number of nitriles is 1. The predicted octanol–water partition coefficient (Wildman–Crippen LogP) is 3.96. The van der Waals surface area contributed by atoms with E-state index in [0.29, 0.717) is 24.3 Å². The first kappa shape index (κ1) is 21.4. The number of carbonyl (C=O) groups is 2. The van der Waals surface area contributed by atoms with E-state index >= 15 is 0 Å². The van der Waals surface area contributed by atoms with E-state index in [9.17, 15) is 14.9 Å². The second kappa shape index (κ2) is 9.00. The number of hydrogen-bond acceptors (Lipinski definition) is 5. The third-order valence-corrected chi connectivity index (χ3v) is 5.73. The molecular weight excluding hydrogens is 378 g/mol. The lowest BCUT2D eigenvalue weighted by atomic mass is 9.83. The molecular formula is C24H27N3O3. The molecule has 6 heteroatoms. The minimum atomic E-state index is -0.615. The summed E-state index contributed by atoms with van der Waals surface area (Å²) in [6.45, 7) is 5.11. The quantitative estimate of drug-likeness (QED) is 0.613. The van der Waals surface area contributed by atoms with Gasteiger partial charge in [-0.1, -0.05) is 44.2 Å². The largest absolute Gasteiger partial charge is 0.465 e. The number of anilines is 1. The number of nitrogen functional groups attached to an aromatic ring is 1. The molecule has 1 saturated heterocycles. The number of esters is 1. The van der Waals surface area contributed by atoms with Gasteiger partial charge in [0.05, 0.1) is 18.4 Å². The number of amides is 1. The Balaban J connectivity index is 2.06. The van der Waals surface area contributed by atoms with Gasteiger partial charge in [-0.05, 0) is 36.0 Å². The van der Waals surface area contributed by atoms with E-state index in [4.69, 9.17) is 10.5 Å². The van der Waals surface area contributed by atoms with Gasteiger partial charge in [-0.25, -0.2) is 4.79 Å². The number of piperidine rings is 1. The van der Waals surface area contributed by atoms with E-state index in [-0.39, 0.29) is 28.9 Å². The second-order valence-electron chi connectivity index (χ2n) is 7.90. The monoisotopic (exact) mass is 405 g/mol. The topological polar surface area (TPSA) is 96.4 Å². The van der Waals surface area contributed by atoms with Crippen molar-refractivity contribution in [3.63, 3.8) is 0 Å². The maximum Gasteiger partial charge on any atom is 0.341 e. The molecule has 1 heterocycles. The van der Waals surface area contributed by atoms with Crippen molar-refractivity contribution >= 4 is 17.6 Å². The van der Waals surface area contributed by atoms with Gasteiger partial charge in [-0.2, -0.15) is 5.26 Å². The summed E-state index contributed by atoms with van der Waals surface area (Å²) in [4.78, 5) is 26.7. The van der Waals surface area contributed by atoms with Crippen molar-refractivity contribution in [1.82, 2.24) is 4.90 Å². The van der Waals surface area contributed by atoms with Crippen LogP contribution in [-0.4, -0.2) is 37.0 Å². The molecule has 0 bridgehead atoms. The fourth-order valence-electron chi connectivity index (χ4n) is 4.11. The molecule has 2 aromatic rings. The maximum absolute atomic E-state index is 12.5. The average molecular weight is 405 g/mol. The molecule has 1 aliphatic heterocycles. The van der Waals surface area contributed by atoms with E-state index in [1.165, 1.54) is 7.11 Å². The zero-order valence-electron chi connectivity index (χ0n) is 17.6. The van der Waals surface area contributed by atoms with Gasteiger partial charge in [-0.15, -0.1) is 0 Å². The highest BCUT2D eigenvalue weighted by molar-refractivity contribution is 6.01. The van der Waals surface area contributed by atoms with Gasteiger partial charge in [0.15, 0.2) is 0 Å². The van der Waals surface area contributed by atoms with Crippen molar-refractivity contribution < 1.29 is 14.3 Å². The van der Waals surface area contributed by atoms with Gasteiger partial charge < -0.3 is 15.4 Å². The van der Waals surface area contributed by atoms with Crippen LogP contribution in [0.1, 0.15) is 54.1 Å². The Hall–Kier alpha value is -3.33. The highest BCUT2D eigenvalue weighted by atomic mass is 16.5. The van der Waals surface area contributed by atoms with Gasteiger partial charge >= 0.3 is 5.97 Å². The molecule has 0 aromatic heterocycles. The second-order valence-corrected chi connectivity index (χ2v) is 7.90. The molecule has 2 N–H and O–H groups in total. The summed E-state index contributed by atoms with van der Waals surface area (Å²) in [6.07, 6.45) is 1.51. The summed E-state index contributed by atoms with van der Waals surface area (Å²) in [7, 11) is 1.29. The van der Waals surface area contributed by atoms with Gasteiger partial charge in [-0.3, -0.25) is 4.79 Å². The number of rotatable bonds is 4. The van der Waals surface area contributed by atoms with Gasteiger partial charge in [0.1, 0.15) is 11.6 Å². The molecule has 0 aliphatic carbocycles. The number of benzene rings is 2. The Morgan fingerprint density at radius 3 is 2.37 bits per heavy atom. The van der Waals surface area contributed by atoms with E-state index in [0.717, 1.165) is 24.0 Å². The molecule has 2 aromatic carbocycles. The molecule has 0 spiro atoms. The summed E-state index contributed by atoms with van der Waals surface area (Å²) in [5, 5.41) is 9.82. The van der Waals surface area contributed by atoms with Gasteiger partial charge in [0.25, 0.3) is 0 Å². The van der Waals surface area contributed by atoms with Gasteiger partial charge in [0.2, 0.25) is 5.91 Å². The number of carbonyl (C=O) groups excluding carboxylic acids is 2. The van der Waals surface area contributed by atoms with Crippen LogP contribution in [-0.2, 0) is 9.53 Å². The molecule has 0 atom stereocenters. The number of methoxy groups -OCH3 is 1. The van der Waals surface area contributed by atoms with Crippen molar-refractivity contribution in [2.75, 3.05) is 25.9 Å². The van der Waals surface area contributed by atoms with Crippen LogP contribution in [0.15, 0.2) is 36.4 Å². The third kappa shape index (κ3) is 4.02. The zero-order valence-corrected chi connectivity index (χ0v) is 17.6. The number of ether oxygens (including phenoxy) is 1. The Bertz CT molecular complexity index is 985. The van der Waals surface area contributed by atoms with Gasteiger partial charge in [0, 0.05) is 24.6 Å². The Morgan fingerprint density at radius 1 is 1.20 bits per heavy atom. The first-order valence-electron chi connectivity index (χ1n) is 10.2. The lowest BCUT2D eigenvalue weighted by Gasteiger charge is -2.34. The number of hydrogen-bond donors (Lipinski definition) is 1. The highest BCUT2D eigenvalue weighted by Crippen LogP contribution is 2.39. The fraction of sp³-hybridized carbons (Fsp3) is 0.375. The van der Waals surface area contributed by atoms with Crippen LogP contribution >= 0.6 is 0 Å². The van der Waals surface area contributed by atoms with Crippen LogP contribution in [0, 0.1) is 17.2 Å². The zero-order chi connectivity index (χ0) is 21.8. The molecule has 0 radical (unpaired) electrons. The SMILES string of the molecule is COC(=O)c1c(N)c(C2CCN(C(=O)C(C)C)CC2)cc(-c2ccccc2)c1C#N. The standard InChI is InChI=1S/C24H27N3O3/c1-15(2)23(28)27-11-9-17(10-12-27)19-13-18(16-7-5-4-6-8-16)20(14-25)21(22(19)26)24(29)30-3/h4-8,13,15,17H,9-12,26H2,1-3H3. The highest BCUT2D eigenvalue weighted by Gasteiger charge is 2.30. The van der Waals surface area contributed by atoms with E-state index in [2.05, 4.69) is 6.07 Å². The summed E-state index contributed by atoms with van der Waals surface area (Å²) in [5.74, 6) is -0.394. The summed E-state index contributed by atoms with van der Waals surface area (Å²) in [5.41, 5.74) is 9.42. The molecule has 0 unspecified atom stereocenters. The Kier molecular flexibility index (Phi) is 6.41. The number of nitrogens with two attached hydrogens (primary N) is 1. The van der Waals surface area contributed by atoms with Crippen molar-refractivity contribution in [3.8, 4) is 17.2 Å². The normalized spacial score (nSPS) is 14.4. The van der Waals surface area contributed by atoms with Crippen molar-refractivity contribution in [1.29, 1.82) is 5.26 Å². The first-order valence-corrected chi connectivity index (χ1v) is 10.2. The smallest absolute Gasteiger partial charge is 0.341 e. The summed E-state index contributed by atoms with van der Waals surface area (Å²) in [6, 6.07) is 13.6. The van der Waals surface area contributed by atoms with Crippen LogP contribution in [0.2, 0.25) is 0 Å². The van der Waals surface area contributed by atoms with Crippen LogP contribution in [0.25, 0.3) is 11.1 Å². The lowest BCUT2D eigenvalue weighted by molar-refractivity contribution is -0.135. The van der Waals surface area contributed by atoms with Crippen LogP contribution in [0.4, 0.5) is 5.69 Å². The summed E-state index contributed by atoms with van der Waals surface area (Å²) >= 11 is 0. The first-order chi connectivity index (χ1) is 14.4. The fourth-order valence-corrected chi connectivity index (χ4v) is 4.11. The molecule has 1 fully saturated rings. The maximum atomic E-state index is 12.5. The van der Waals surface area contributed by atoms with Crippen molar-refractivity contribution in [3.05, 3.63) is 53.1 Å². The Morgan fingerprint density at radius 2 is 1.83 bits per heavy atom. The van der Waals surface area contributed by atoms with E-state index < -0.39 is 5.97 Å². The molecule has 1 amide bonds. The number of likely N-dealkylation sites (tertiary alicyclic amines) is 1. The van der Waals surface area contributed by atoms with Crippen LogP contribution in [0.3, 0.4) is 0 Å². The molecule has 3 rings (SSSR count). The minimum absolute atomic E-state index is 0.0304. The predicted molar refractivity (Wildman–Crippen MR) is 116 cm³/mol. The van der Waals surface area contributed by atoms with E-state index in [1.807, 2.05) is 55.1 Å². The molecule has 30 heavy (non-hydrogen) atoms. The van der Waals surface area contributed by atoms with Crippen LogP contribution in [0.5, 0.6) is 0 Å². The minimum Gasteiger partial charge on any atom is -0.465 e. The summed E-state index contributed by atoms with van der Waals surface area (Å²) < 4.78 is 4.94.